The van der Waals surface area contributed by atoms with Gasteiger partial charge in [-0.3, -0.25) is 0 Å². The van der Waals surface area contributed by atoms with Gasteiger partial charge in [0.1, 0.15) is 23.0 Å². The first-order valence-electron chi connectivity index (χ1n) is 31.1. The molecule has 12 aromatic rings. The van der Waals surface area contributed by atoms with E-state index in [4.69, 9.17) is 9.47 Å². The first kappa shape index (κ1) is 52.3. The summed E-state index contributed by atoms with van der Waals surface area (Å²) in [6.45, 7) is 22.1. The zero-order chi connectivity index (χ0) is 58.5. The Labute approximate surface area is 506 Å². The largest absolute Gasteiger partial charge is 0.456 e. The molecule has 0 atom stereocenters. The third kappa shape index (κ3) is 8.05. The van der Waals surface area contributed by atoms with E-state index in [1.165, 1.54) is 105 Å². The first-order chi connectivity index (χ1) is 41.7. The number of fused-ring (bicyclic) bond motifs is 13. The Morgan fingerprint density at radius 3 is 1.24 bits per heavy atom. The summed E-state index contributed by atoms with van der Waals surface area (Å²) in [6.07, 6.45) is 0. The van der Waals surface area contributed by atoms with Gasteiger partial charge < -0.3 is 18.9 Å². The molecule has 0 saturated heterocycles. The van der Waals surface area contributed by atoms with Gasteiger partial charge in [-0.25, -0.2) is 0 Å². The van der Waals surface area contributed by atoms with Gasteiger partial charge in [-0.15, -0.1) is 0 Å². The van der Waals surface area contributed by atoms with E-state index < -0.39 is 0 Å². The molecule has 4 nitrogen and oxygen atoms in total. The molecule has 416 valence electrons. The minimum Gasteiger partial charge on any atom is -0.456 e. The van der Waals surface area contributed by atoms with Gasteiger partial charge in [0.05, 0.1) is 16.9 Å². The summed E-state index contributed by atoms with van der Waals surface area (Å²) in [5.74, 6) is 5.27. The highest BCUT2D eigenvalue weighted by atomic mass is 16.5. The van der Waals surface area contributed by atoms with Crippen LogP contribution in [0.3, 0.4) is 0 Å². The van der Waals surface area contributed by atoms with Crippen molar-refractivity contribution in [3.05, 3.63) is 240 Å². The van der Waals surface area contributed by atoms with Gasteiger partial charge >= 0.3 is 0 Å². The van der Waals surface area contributed by atoms with Crippen LogP contribution in [-0.2, 0) is 0 Å². The van der Waals surface area contributed by atoms with Crippen molar-refractivity contribution >= 4 is 85.1 Å². The SMILES string of the molecule is Cc1ccc2c(c1)B1c3cc(-c4ccc(C(C)C)cc4)ccc3N(c3ccc(-c4ccc(C(C)C)cc4)cc3)c3c4c5c(c(c31)O2)-n1c2ccc(-c3ccc(C(C)C)cc3)cc2c2cc(-c3ccc(C(C)C)cc3)cc(c21)B5c1cc(C)ccc1O4. The summed E-state index contributed by atoms with van der Waals surface area (Å²) < 4.78 is 18.2. The van der Waals surface area contributed by atoms with Gasteiger partial charge in [-0.1, -0.05) is 224 Å². The maximum atomic E-state index is 7.82. The van der Waals surface area contributed by atoms with E-state index in [2.05, 4.69) is 285 Å². The highest BCUT2D eigenvalue weighted by molar-refractivity contribution is 7.02. The zero-order valence-electron chi connectivity index (χ0n) is 50.8. The first-order valence-corrected chi connectivity index (χ1v) is 31.1. The summed E-state index contributed by atoms with van der Waals surface area (Å²) in [5, 5.41) is 2.43. The average Bonchev–Trinajstić information content (AvgIpc) is 1.14. The van der Waals surface area contributed by atoms with Crippen LogP contribution in [0.2, 0.25) is 0 Å². The Morgan fingerprint density at radius 1 is 0.337 bits per heavy atom. The second kappa shape index (κ2) is 19.7. The van der Waals surface area contributed by atoms with E-state index in [9.17, 15) is 0 Å². The second-order valence-corrected chi connectivity index (χ2v) is 26.1. The van der Waals surface area contributed by atoms with E-state index in [-0.39, 0.29) is 13.4 Å². The molecule has 5 heterocycles. The molecule has 0 fully saturated rings. The Hall–Kier alpha value is -9.25. The lowest BCUT2D eigenvalue weighted by atomic mass is 9.31. The van der Waals surface area contributed by atoms with Crippen molar-refractivity contribution in [2.75, 3.05) is 4.90 Å². The number of ether oxygens (including phenoxy) is 2. The molecule has 86 heavy (non-hydrogen) atoms. The lowest BCUT2D eigenvalue weighted by Crippen LogP contribution is -2.63. The Morgan fingerprint density at radius 2 is 0.733 bits per heavy atom. The molecule has 0 amide bonds. The molecule has 0 bridgehead atoms. The van der Waals surface area contributed by atoms with Crippen LogP contribution >= 0.6 is 0 Å². The fourth-order valence-corrected chi connectivity index (χ4v) is 14.6. The van der Waals surface area contributed by atoms with Crippen molar-refractivity contribution in [1.82, 2.24) is 4.57 Å². The Balaban J connectivity index is 1.02. The molecular formula is C80H68B2N2O2. The topological polar surface area (TPSA) is 26.6 Å². The van der Waals surface area contributed by atoms with Crippen LogP contribution in [0.4, 0.5) is 17.1 Å². The van der Waals surface area contributed by atoms with E-state index >= 15 is 0 Å². The summed E-state index contributed by atoms with van der Waals surface area (Å²) in [4.78, 5) is 2.51. The zero-order valence-corrected chi connectivity index (χ0v) is 50.8. The molecule has 11 aromatic carbocycles. The van der Waals surface area contributed by atoms with Gasteiger partial charge in [0, 0.05) is 38.6 Å². The summed E-state index contributed by atoms with van der Waals surface area (Å²) >= 11 is 0. The number of nitrogens with zero attached hydrogens (tertiary/aromatic N) is 2. The monoisotopic (exact) mass is 1110 g/mol. The molecule has 0 radical (unpaired) electrons. The number of aromatic nitrogens is 1. The molecular weight excluding hydrogens is 1040 g/mol. The van der Waals surface area contributed by atoms with Crippen molar-refractivity contribution in [3.63, 3.8) is 0 Å². The van der Waals surface area contributed by atoms with Gasteiger partial charge in [0.25, 0.3) is 13.4 Å². The van der Waals surface area contributed by atoms with Crippen molar-refractivity contribution in [2.24, 2.45) is 0 Å². The number of rotatable bonds is 9. The van der Waals surface area contributed by atoms with Gasteiger partial charge in [0.15, 0.2) is 0 Å². The standard InChI is InChI=1S/C80H68B2N2O2/c1-45(2)51-13-21-55(22-14-51)56-29-33-63(34-30-56)83-71-36-32-61(58-25-17-53(18-26-58)47(5)6)43-66(71)81-67-39-49(9)11-37-72(67)86-80-74(81)77(83)79-75-78(80)84-70-35-31-60(57-23-15-52(16-24-57)46(3)4)41-64(70)65-42-62(59-27-19-54(20-28-59)48(7)8)44-69(76(65)84)82(75)68-40-50(10)12-38-73(68)85-79/h11-48H,1-10H3. The number of hydrogen-bond donors (Lipinski definition) is 0. The second-order valence-electron chi connectivity index (χ2n) is 26.1. The third-order valence-corrected chi connectivity index (χ3v) is 19.4. The van der Waals surface area contributed by atoms with Gasteiger partial charge in [-0.05, 0) is 175 Å². The van der Waals surface area contributed by atoms with Crippen LogP contribution < -0.4 is 47.2 Å². The van der Waals surface area contributed by atoms with Gasteiger partial charge in [-0.2, -0.15) is 0 Å². The Kier molecular flexibility index (Phi) is 12.0. The van der Waals surface area contributed by atoms with E-state index in [1.807, 2.05) is 0 Å². The van der Waals surface area contributed by atoms with Crippen LogP contribution in [0.1, 0.15) is 112 Å². The summed E-state index contributed by atoms with van der Waals surface area (Å²) in [5.41, 5.74) is 30.9. The predicted molar refractivity (Wildman–Crippen MR) is 365 cm³/mol. The fourth-order valence-electron chi connectivity index (χ4n) is 14.6. The van der Waals surface area contributed by atoms with Crippen LogP contribution in [0.5, 0.6) is 23.0 Å². The third-order valence-electron chi connectivity index (χ3n) is 19.4. The van der Waals surface area contributed by atoms with E-state index in [1.54, 1.807) is 0 Å². The van der Waals surface area contributed by atoms with Crippen LogP contribution in [0, 0.1) is 13.8 Å². The smallest absolute Gasteiger partial charge is 0.256 e. The molecule has 4 aliphatic heterocycles. The molecule has 0 saturated carbocycles. The summed E-state index contributed by atoms with van der Waals surface area (Å²) in [7, 11) is 0. The molecule has 0 N–H and O–H groups in total. The van der Waals surface area contributed by atoms with Crippen molar-refractivity contribution in [2.45, 2.75) is 92.9 Å². The molecule has 6 heteroatoms. The van der Waals surface area contributed by atoms with Crippen LogP contribution in [-0.4, -0.2) is 18.0 Å². The molecule has 4 aliphatic rings. The van der Waals surface area contributed by atoms with E-state index in [0.29, 0.717) is 23.7 Å². The maximum absolute atomic E-state index is 7.82. The number of aryl methyl sites for hydroxylation is 2. The Bertz CT molecular complexity index is 4760. The van der Waals surface area contributed by atoms with E-state index in [0.717, 1.165) is 73.1 Å². The van der Waals surface area contributed by atoms with Crippen molar-refractivity contribution < 1.29 is 9.47 Å². The quantitative estimate of drug-likeness (QED) is 0.135. The highest BCUT2D eigenvalue weighted by Crippen LogP contribution is 2.52. The highest BCUT2D eigenvalue weighted by Gasteiger charge is 2.51. The average molecular weight is 1110 g/mol. The molecule has 1 aromatic heterocycles. The van der Waals surface area contributed by atoms with Crippen LogP contribution in [0.15, 0.2) is 206 Å². The molecule has 0 unspecified atom stereocenters. The molecule has 0 spiro atoms. The normalized spacial score (nSPS) is 13.3. The van der Waals surface area contributed by atoms with Crippen LogP contribution in [0.25, 0.3) is 72.0 Å². The maximum Gasteiger partial charge on any atom is 0.256 e. The minimum atomic E-state index is -0.209. The number of anilines is 3. The number of benzene rings is 11. The minimum absolute atomic E-state index is 0.207. The predicted octanol–water partition coefficient (Wildman–Crippen LogP) is 17.9. The lowest BCUT2D eigenvalue weighted by Gasteiger charge is -2.45. The van der Waals surface area contributed by atoms with Gasteiger partial charge in [0.2, 0.25) is 0 Å². The van der Waals surface area contributed by atoms with Crippen molar-refractivity contribution in [1.29, 1.82) is 0 Å². The fraction of sp³-hybridized carbons (Fsp3) is 0.175. The number of hydrogen-bond acceptors (Lipinski definition) is 3. The molecule has 16 rings (SSSR count). The summed E-state index contributed by atoms with van der Waals surface area (Å²) in [6, 6.07) is 78.9. The lowest BCUT2D eigenvalue weighted by molar-refractivity contribution is 0.474. The van der Waals surface area contributed by atoms with Crippen molar-refractivity contribution in [3.8, 4) is 73.2 Å². The molecule has 0 aliphatic carbocycles.